The molecule has 112 valence electrons. The molecule has 3 atom stereocenters. The van der Waals surface area contributed by atoms with Gasteiger partial charge in [0.1, 0.15) is 10.6 Å². The van der Waals surface area contributed by atoms with Gasteiger partial charge in [-0.25, -0.2) is 8.42 Å². The van der Waals surface area contributed by atoms with Gasteiger partial charge in [-0.2, -0.15) is 0 Å². The van der Waals surface area contributed by atoms with Gasteiger partial charge in [-0.3, -0.25) is 0 Å². The number of sulfone groups is 1. The lowest BCUT2D eigenvalue weighted by atomic mass is 9.67. The zero-order valence-electron chi connectivity index (χ0n) is 12.5. The van der Waals surface area contributed by atoms with Crippen LogP contribution < -0.4 is 10.1 Å². The van der Waals surface area contributed by atoms with E-state index in [0.29, 0.717) is 23.6 Å². The van der Waals surface area contributed by atoms with Gasteiger partial charge in [-0.15, -0.1) is 0 Å². The van der Waals surface area contributed by atoms with E-state index < -0.39 is 9.84 Å². The molecule has 3 unspecified atom stereocenters. The van der Waals surface area contributed by atoms with Gasteiger partial charge in [-0.1, -0.05) is 19.9 Å². The molecule has 0 bridgehead atoms. The van der Waals surface area contributed by atoms with Gasteiger partial charge < -0.3 is 10.1 Å². The van der Waals surface area contributed by atoms with Crippen LogP contribution in [0, 0.1) is 5.92 Å². The molecule has 5 heteroatoms. The summed E-state index contributed by atoms with van der Waals surface area (Å²) in [6.45, 7) is 5.33. The summed E-state index contributed by atoms with van der Waals surface area (Å²) in [5.74, 6) is 1.48. The molecule has 20 heavy (non-hydrogen) atoms. The molecule has 1 aromatic carbocycles. The zero-order valence-corrected chi connectivity index (χ0v) is 13.3. The summed E-state index contributed by atoms with van der Waals surface area (Å²) in [5.41, 5.74) is 1.16. The molecule has 0 radical (unpaired) electrons. The summed E-state index contributed by atoms with van der Waals surface area (Å²) in [6, 6.07) is 6.02. The number of hydrogen-bond donors (Lipinski definition) is 1. The maximum atomic E-state index is 11.7. The molecule has 0 aliphatic heterocycles. The zero-order chi connectivity index (χ0) is 14.9. The van der Waals surface area contributed by atoms with E-state index >= 15 is 0 Å². The average molecular weight is 297 g/mol. The normalized spacial score (nSPS) is 26.1. The highest BCUT2D eigenvalue weighted by atomic mass is 32.2. The summed E-state index contributed by atoms with van der Waals surface area (Å²) in [5, 5.41) is 3.47. The van der Waals surface area contributed by atoms with Gasteiger partial charge in [0.2, 0.25) is 0 Å². The Balaban J connectivity index is 2.24. The Labute approximate surface area is 121 Å². The smallest absolute Gasteiger partial charge is 0.179 e. The van der Waals surface area contributed by atoms with Crippen LogP contribution in [0.1, 0.15) is 31.7 Å². The van der Waals surface area contributed by atoms with Gasteiger partial charge in [0.05, 0.1) is 7.11 Å². The number of rotatable bonds is 5. The fourth-order valence-corrected chi connectivity index (χ4v) is 3.80. The van der Waals surface area contributed by atoms with Crippen LogP contribution >= 0.6 is 0 Å². The van der Waals surface area contributed by atoms with E-state index in [9.17, 15) is 8.42 Å². The standard InChI is InChI=1S/C15H23NO3S/c1-5-16-13-9-12(10(13)2)11-6-7-15(20(4,17)18)14(8-11)19-3/h6-8,10,12-13,16H,5,9H2,1-4H3. The molecule has 0 amide bonds. The molecule has 0 heterocycles. The lowest BCUT2D eigenvalue weighted by molar-refractivity contribution is 0.186. The first-order valence-corrected chi connectivity index (χ1v) is 8.89. The number of hydrogen-bond acceptors (Lipinski definition) is 4. The molecule has 4 nitrogen and oxygen atoms in total. The molecule has 1 fully saturated rings. The molecular formula is C15H23NO3S. The Morgan fingerprint density at radius 1 is 1.40 bits per heavy atom. The van der Waals surface area contributed by atoms with Gasteiger partial charge in [0.25, 0.3) is 0 Å². The number of benzene rings is 1. The van der Waals surface area contributed by atoms with Crippen molar-refractivity contribution in [3.63, 3.8) is 0 Å². The molecule has 1 aliphatic carbocycles. The lowest BCUT2D eigenvalue weighted by Gasteiger charge is -2.43. The van der Waals surface area contributed by atoms with Crippen LogP contribution in [0.25, 0.3) is 0 Å². The van der Waals surface area contributed by atoms with Crippen LogP contribution in [0.5, 0.6) is 5.75 Å². The third kappa shape index (κ3) is 2.83. The molecule has 1 saturated carbocycles. The predicted molar refractivity (Wildman–Crippen MR) is 80.1 cm³/mol. The van der Waals surface area contributed by atoms with E-state index in [1.165, 1.54) is 13.4 Å². The number of ether oxygens (including phenoxy) is 1. The number of nitrogens with one attached hydrogen (secondary N) is 1. The second kappa shape index (κ2) is 5.74. The lowest BCUT2D eigenvalue weighted by Crippen LogP contribution is -2.47. The quantitative estimate of drug-likeness (QED) is 0.905. The second-order valence-corrected chi connectivity index (χ2v) is 7.53. The van der Waals surface area contributed by atoms with E-state index in [1.807, 2.05) is 12.1 Å². The van der Waals surface area contributed by atoms with Gasteiger partial charge in [0.15, 0.2) is 9.84 Å². The molecule has 1 N–H and O–H groups in total. The fraction of sp³-hybridized carbons (Fsp3) is 0.600. The highest BCUT2D eigenvalue weighted by Gasteiger charge is 2.38. The summed E-state index contributed by atoms with van der Waals surface area (Å²) in [6.07, 6.45) is 2.30. The van der Waals surface area contributed by atoms with Crippen molar-refractivity contribution in [3.05, 3.63) is 23.8 Å². The van der Waals surface area contributed by atoms with Crippen LogP contribution in [0.3, 0.4) is 0 Å². The van der Waals surface area contributed by atoms with Crippen molar-refractivity contribution in [2.24, 2.45) is 5.92 Å². The highest BCUT2D eigenvalue weighted by molar-refractivity contribution is 7.90. The minimum Gasteiger partial charge on any atom is -0.495 e. The Morgan fingerprint density at radius 3 is 2.60 bits per heavy atom. The van der Waals surface area contributed by atoms with Crippen molar-refractivity contribution in [1.29, 1.82) is 0 Å². The summed E-state index contributed by atoms with van der Waals surface area (Å²) < 4.78 is 28.6. The van der Waals surface area contributed by atoms with Crippen molar-refractivity contribution < 1.29 is 13.2 Å². The Bertz CT molecular complexity index is 583. The molecule has 0 spiro atoms. The monoisotopic (exact) mass is 297 g/mol. The third-order valence-corrected chi connectivity index (χ3v) is 5.40. The average Bonchev–Trinajstić information content (AvgIpc) is 2.40. The SMILES string of the molecule is CCNC1CC(c2ccc(S(C)(=O)=O)c(OC)c2)C1C. The minimum atomic E-state index is -3.25. The first-order chi connectivity index (χ1) is 9.38. The van der Waals surface area contributed by atoms with Gasteiger partial charge >= 0.3 is 0 Å². The van der Waals surface area contributed by atoms with Gasteiger partial charge in [-0.05, 0) is 42.5 Å². The van der Waals surface area contributed by atoms with E-state index in [1.54, 1.807) is 6.07 Å². The molecular weight excluding hydrogens is 274 g/mol. The molecule has 0 saturated heterocycles. The van der Waals surface area contributed by atoms with Crippen LogP contribution in [0.4, 0.5) is 0 Å². The first kappa shape index (κ1) is 15.3. The fourth-order valence-electron chi connectivity index (χ4n) is 2.98. The van der Waals surface area contributed by atoms with E-state index in [4.69, 9.17) is 4.74 Å². The highest BCUT2D eigenvalue weighted by Crippen LogP contribution is 2.43. The van der Waals surface area contributed by atoms with Crippen LogP contribution in [-0.2, 0) is 9.84 Å². The van der Waals surface area contributed by atoms with E-state index in [-0.39, 0.29) is 4.90 Å². The Morgan fingerprint density at radius 2 is 2.10 bits per heavy atom. The largest absolute Gasteiger partial charge is 0.495 e. The predicted octanol–water partition coefficient (Wildman–Crippen LogP) is 2.20. The second-order valence-electron chi connectivity index (χ2n) is 5.55. The maximum absolute atomic E-state index is 11.7. The number of methoxy groups -OCH3 is 1. The van der Waals surface area contributed by atoms with Crippen molar-refractivity contribution >= 4 is 9.84 Å². The summed E-state index contributed by atoms with van der Waals surface area (Å²) >= 11 is 0. The Kier molecular flexibility index (Phi) is 4.39. The topological polar surface area (TPSA) is 55.4 Å². The van der Waals surface area contributed by atoms with Crippen LogP contribution in [0.2, 0.25) is 0 Å². The van der Waals surface area contributed by atoms with Crippen molar-refractivity contribution in [2.45, 2.75) is 37.1 Å². The van der Waals surface area contributed by atoms with Crippen LogP contribution in [-0.4, -0.2) is 34.4 Å². The van der Waals surface area contributed by atoms with Gasteiger partial charge in [0, 0.05) is 12.3 Å². The van der Waals surface area contributed by atoms with Crippen molar-refractivity contribution in [2.75, 3.05) is 19.9 Å². The summed E-state index contributed by atoms with van der Waals surface area (Å²) in [4.78, 5) is 0.263. The van der Waals surface area contributed by atoms with Crippen LogP contribution in [0.15, 0.2) is 23.1 Å². The van der Waals surface area contributed by atoms with E-state index in [2.05, 4.69) is 19.2 Å². The molecule has 1 aliphatic rings. The molecule has 0 aromatic heterocycles. The minimum absolute atomic E-state index is 0.263. The first-order valence-electron chi connectivity index (χ1n) is 6.99. The van der Waals surface area contributed by atoms with Crippen molar-refractivity contribution in [1.82, 2.24) is 5.32 Å². The maximum Gasteiger partial charge on any atom is 0.179 e. The van der Waals surface area contributed by atoms with E-state index in [0.717, 1.165) is 18.5 Å². The Hall–Kier alpha value is -1.07. The third-order valence-electron chi connectivity index (χ3n) is 4.26. The molecule has 2 rings (SSSR count). The molecule has 1 aromatic rings. The van der Waals surface area contributed by atoms with Crippen molar-refractivity contribution in [3.8, 4) is 5.75 Å². The summed E-state index contributed by atoms with van der Waals surface area (Å²) in [7, 11) is -1.73.